The molecule has 0 unspecified atom stereocenters. The first-order valence-corrected chi connectivity index (χ1v) is 4.63. The quantitative estimate of drug-likeness (QED) is 0.549. The molecule has 1 aromatic rings. The highest BCUT2D eigenvalue weighted by atomic mass is 35.5. The highest BCUT2D eigenvalue weighted by molar-refractivity contribution is 6.30. The predicted molar refractivity (Wildman–Crippen MR) is 52.7 cm³/mol. The van der Waals surface area contributed by atoms with Crippen LogP contribution in [-0.4, -0.2) is 18.3 Å². The van der Waals surface area contributed by atoms with Gasteiger partial charge in [-0.1, -0.05) is 12.1 Å². The van der Waals surface area contributed by atoms with Gasteiger partial charge in [0, 0.05) is 5.56 Å². The molecule has 0 N–H and O–H groups in total. The van der Waals surface area contributed by atoms with E-state index in [4.69, 9.17) is 16.3 Å². The zero-order valence-electron chi connectivity index (χ0n) is 7.42. The molecule has 0 amide bonds. The number of Topliss-reactive ketones (excluding diaryl/α,β-unsaturated/α-hetero) is 1. The topological polar surface area (TPSA) is 26.3 Å². The van der Waals surface area contributed by atoms with Crippen LogP contribution in [-0.2, 0) is 0 Å². The molecule has 0 bridgehead atoms. The summed E-state index contributed by atoms with van der Waals surface area (Å²) >= 11 is 5.43. The second kappa shape index (κ2) is 4.87. The van der Waals surface area contributed by atoms with Crippen LogP contribution in [0.5, 0.6) is 5.75 Å². The fourth-order valence-corrected chi connectivity index (χ4v) is 1.16. The third-order valence-corrected chi connectivity index (χ3v) is 1.83. The van der Waals surface area contributed by atoms with E-state index in [9.17, 15) is 4.79 Å². The zero-order chi connectivity index (χ0) is 9.68. The van der Waals surface area contributed by atoms with E-state index in [1.807, 2.05) is 13.0 Å². The molecule has 0 fully saturated rings. The van der Waals surface area contributed by atoms with Crippen LogP contribution in [0, 0.1) is 0 Å². The van der Waals surface area contributed by atoms with Gasteiger partial charge in [0.25, 0.3) is 0 Å². The Bertz CT molecular complexity index is 297. The standard InChI is InChI=1S/C10H11ClO2/c1-2-13-9-5-3-4-8(6-9)10(12)7-11/h3-6H,2,7H2,1H3. The molecule has 13 heavy (non-hydrogen) atoms. The highest BCUT2D eigenvalue weighted by Gasteiger charge is 2.04. The summed E-state index contributed by atoms with van der Waals surface area (Å²) in [7, 11) is 0. The third-order valence-electron chi connectivity index (χ3n) is 1.59. The van der Waals surface area contributed by atoms with Crippen molar-refractivity contribution in [2.45, 2.75) is 6.92 Å². The maximum atomic E-state index is 11.2. The van der Waals surface area contributed by atoms with E-state index in [0.29, 0.717) is 17.9 Å². The lowest BCUT2D eigenvalue weighted by atomic mass is 10.1. The molecule has 0 saturated carbocycles. The smallest absolute Gasteiger partial charge is 0.177 e. The van der Waals surface area contributed by atoms with Gasteiger partial charge in [0.1, 0.15) is 5.75 Å². The Morgan fingerprint density at radius 3 is 2.92 bits per heavy atom. The Balaban J connectivity index is 2.85. The van der Waals surface area contributed by atoms with Crippen LogP contribution in [0.4, 0.5) is 0 Å². The number of benzene rings is 1. The molecule has 1 aromatic carbocycles. The van der Waals surface area contributed by atoms with Crippen LogP contribution < -0.4 is 4.74 Å². The lowest BCUT2D eigenvalue weighted by molar-refractivity contribution is 0.102. The molecule has 0 aliphatic carbocycles. The van der Waals surface area contributed by atoms with Crippen molar-refractivity contribution >= 4 is 17.4 Å². The summed E-state index contributed by atoms with van der Waals surface area (Å²) in [6.45, 7) is 2.49. The van der Waals surface area contributed by atoms with Crippen LogP contribution in [0.15, 0.2) is 24.3 Å². The first-order chi connectivity index (χ1) is 6.27. The van der Waals surface area contributed by atoms with Crippen molar-refractivity contribution in [2.75, 3.05) is 12.5 Å². The molecule has 0 aromatic heterocycles. The van der Waals surface area contributed by atoms with Crippen LogP contribution in [0.25, 0.3) is 0 Å². The van der Waals surface area contributed by atoms with Gasteiger partial charge in [-0.25, -0.2) is 0 Å². The minimum absolute atomic E-state index is 0.00950. The predicted octanol–water partition coefficient (Wildman–Crippen LogP) is 2.51. The van der Waals surface area contributed by atoms with Crippen molar-refractivity contribution < 1.29 is 9.53 Å². The zero-order valence-corrected chi connectivity index (χ0v) is 8.17. The number of hydrogen-bond donors (Lipinski definition) is 0. The van der Waals surface area contributed by atoms with E-state index in [2.05, 4.69) is 0 Å². The summed E-state index contributed by atoms with van der Waals surface area (Å²) in [5.41, 5.74) is 0.598. The number of rotatable bonds is 4. The van der Waals surface area contributed by atoms with Gasteiger partial charge in [-0.15, -0.1) is 11.6 Å². The van der Waals surface area contributed by atoms with Crippen molar-refractivity contribution in [3.05, 3.63) is 29.8 Å². The van der Waals surface area contributed by atoms with Crippen molar-refractivity contribution in [1.29, 1.82) is 0 Å². The van der Waals surface area contributed by atoms with Crippen LogP contribution >= 0.6 is 11.6 Å². The van der Waals surface area contributed by atoms with E-state index < -0.39 is 0 Å². The molecular formula is C10H11ClO2. The average Bonchev–Trinajstić information content (AvgIpc) is 2.18. The largest absolute Gasteiger partial charge is 0.494 e. The highest BCUT2D eigenvalue weighted by Crippen LogP contribution is 2.13. The Hall–Kier alpha value is -1.02. The van der Waals surface area contributed by atoms with E-state index >= 15 is 0 Å². The first-order valence-electron chi connectivity index (χ1n) is 4.10. The van der Waals surface area contributed by atoms with Crippen molar-refractivity contribution in [1.82, 2.24) is 0 Å². The molecule has 1 rings (SSSR count). The molecule has 0 heterocycles. The number of carbonyl (C=O) groups excluding carboxylic acids is 1. The van der Waals surface area contributed by atoms with Crippen LogP contribution in [0.3, 0.4) is 0 Å². The van der Waals surface area contributed by atoms with Crippen molar-refractivity contribution in [2.24, 2.45) is 0 Å². The van der Waals surface area contributed by atoms with Gasteiger partial charge < -0.3 is 4.74 Å². The van der Waals surface area contributed by atoms with E-state index in [1.165, 1.54) is 0 Å². The summed E-state index contributed by atoms with van der Waals surface area (Å²) in [4.78, 5) is 11.2. The fraction of sp³-hybridized carbons (Fsp3) is 0.300. The summed E-state index contributed by atoms with van der Waals surface area (Å²) in [5, 5.41) is 0. The molecule has 70 valence electrons. The molecule has 0 spiro atoms. The Morgan fingerprint density at radius 1 is 1.54 bits per heavy atom. The maximum Gasteiger partial charge on any atom is 0.177 e. The molecule has 2 nitrogen and oxygen atoms in total. The lowest BCUT2D eigenvalue weighted by Gasteiger charge is -2.03. The fourth-order valence-electron chi connectivity index (χ4n) is 1.00. The molecule has 0 radical (unpaired) electrons. The SMILES string of the molecule is CCOc1cccc(C(=O)CCl)c1. The van der Waals surface area contributed by atoms with E-state index in [0.717, 1.165) is 0 Å². The Morgan fingerprint density at radius 2 is 2.31 bits per heavy atom. The lowest BCUT2D eigenvalue weighted by Crippen LogP contribution is -2.00. The molecule has 0 saturated heterocycles. The normalized spacial score (nSPS) is 9.69. The molecule has 3 heteroatoms. The van der Waals surface area contributed by atoms with E-state index in [-0.39, 0.29) is 11.7 Å². The van der Waals surface area contributed by atoms with Gasteiger partial charge >= 0.3 is 0 Å². The number of ketones is 1. The molecular weight excluding hydrogens is 188 g/mol. The average molecular weight is 199 g/mol. The summed E-state index contributed by atoms with van der Waals surface area (Å²) in [5.74, 6) is 0.636. The van der Waals surface area contributed by atoms with Gasteiger partial charge in [0.05, 0.1) is 12.5 Å². The number of ether oxygens (including phenoxy) is 1. The van der Waals surface area contributed by atoms with E-state index in [1.54, 1.807) is 18.2 Å². The van der Waals surface area contributed by atoms with Gasteiger partial charge in [-0.05, 0) is 19.1 Å². The van der Waals surface area contributed by atoms with Crippen LogP contribution in [0.1, 0.15) is 17.3 Å². The summed E-state index contributed by atoms with van der Waals surface area (Å²) in [6.07, 6.45) is 0. The monoisotopic (exact) mass is 198 g/mol. The molecule has 0 aliphatic rings. The van der Waals surface area contributed by atoms with Gasteiger partial charge in [0.2, 0.25) is 0 Å². The number of alkyl halides is 1. The minimum Gasteiger partial charge on any atom is -0.494 e. The Labute approximate surface area is 82.5 Å². The summed E-state index contributed by atoms with van der Waals surface area (Å²) < 4.78 is 5.25. The molecule has 0 aliphatic heterocycles. The van der Waals surface area contributed by atoms with Gasteiger partial charge in [0.15, 0.2) is 5.78 Å². The number of carbonyl (C=O) groups is 1. The number of hydrogen-bond acceptors (Lipinski definition) is 2. The first kappa shape index (κ1) is 10.1. The minimum atomic E-state index is -0.0804. The van der Waals surface area contributed by atoms with Gasteiger partial charge in [-0.2, -0.15) is 0 Å². The second-order valence-electron chi connectivity index (χ2n) is 2.52. The third kappa shape index (κ3) is 2.74. The summed E-state index contributed by atoms with van der Waals surface area (Å²) in [6, 6.07) is 7.03. The van der Waals surface area contributed by atoms with Crippen molar-refractivity contribution in [3.63, 3.8) is 0 Å². The van der Waals surface area contributed by atoms with Crippen molar-refractivity contribution in [3.8, 4) is 5.75 Å². The second-order valence-corrected chi connectivity index (χ2v) is 2.78. The van der Waals surface area contributed by atoms with Crippen LogP contribution in [0.2, 0.25) is 0 Å². The Kier molecular flexibility index (Phi) is 3.77. The van der Waals surface area contributed by atoms with Gasteiger partial charge in [-0.3, -0.25) is 4.79 Å². The molecule has 0 atom stereocenters. The maximum absolute atomic E-state index is 11.2. The number of halogens is 1.